The average molecular weight is 284 g/mol. The monoisotopic (exact) mass is 284 g/mol. The van der Waals surface area contributed by atoms with Crippen molar-refractivity contribution in [2.75, 3.05) is 31.6 Å². The van der Waals surface area contributed by atoms with Crippen molar-refractivity contribution in [2.24, 2.45) is 4.99 Å². The molecule has 0 aromatic heterocycles. The van der Waals surface area contributed by atoms with Gasteiger partial charge >= 0.3 is 0 Å². The zero-order valence-corrected chi connectivity index (χ0v) is 12.2. The van der Waals surface area contributed by atoms with E-state index in [4.69, 9.17) is 0 Å². The first-order valence-corrected chi connectivity index (χ1v) is 7.60. The number of fused-ring (bicyclic) bond motifs is 3. The third-order valence-electron chi connectivity index (χ3n) is 4.97. The second-order valence-corrected chi connectivity index (χ2v) is 6.15. The highest BCUT2D eigenvalue weighted by Gasteiger charge is 2.45. The summed E-state index contributed by atoms with van der Waals surface area (Å²) < 4.78 is 0. The molecule has 1 amide bonds. The number of carbonyl (C=O) groups is 1. The predicted molar refractivity (Wildman–Crippen MR) is 82.9 cm³/mol. The van der Waals surface area contributed by atoms with Gasteiger partial charge in [0.2, 0.25) is 5.91 Å². The van der Waals surface area contributed by atoms with Gasteiger partial charge in [-0.05, 0) is 18.1 Å². The third-order valence-corrected chi connectivity index (χ3v) is 4.97. The Labute approximate surface area is 124 Å². The minimum atomic E-state index is 0.00210. The van der Waals surface area contributed by atoms with Crippen molar-refractivity contribution in [3.8, 4) is 0 Å². The highest BCUT2D eigenvalue weighted by atomic mass is 16.2. The van der Waals surface area contributed by atoms with E-state index in [0.717, 1.165) is 26.1 Å². The number of aliphatic imine (C=N–C) groups is 1. The molecule has 5 nitrogen and oxygen atoms in total. The number of carbonyl (C=O) groups excluding carboxylic acids is 1. The lowest BCUT2D eigenvalue weighted by Crippen LogP contribution is -2.52. The first-order chi connectivity index (χ1) is 10.3. The molecule has 110 valence electrons. The summed E-state index contributed by atoms with van der Waals surface area (Å²) in [5, 5.41) is 3.22. The van der Waals surface area contributed by atoms with Crippen LogP contribution in [0.5, 0.6) is 0 Å². The van der Waals surface area contributed by atoms with Gasteiger partial charge < -0.3 is 15.1 Å². The first kappa shape index (κ1) is 12.7. The second kappa shape index (κ2) is 4.76. The van der Waals surface area contributed by atoms with Crippen molar-refractivity contribution >= 4 is 17.9 Å². The molecule has 1 fully saturated rings. The molecule has 1 aromatic carbocycles. The lowest BCUT2D eigenvalue weighted by molar-refractivity contribution is -0.135. The van der Waals surface area contributed by atoms with Gasteiger partial charge in [0, 0.05) is 31.9 Å². The number of hydrogen-bond acceptors (Lipinski definition) is 4. The van der Waals surface area contributed by atoms with E-state index in [1.165, 1.54) is 11.3 Å². The number of likely N-dealkylation sites (N-methyl/N-ethyl adjacent to an activating group) is 1. The van der Waals surface area contributed by atoms with Gasteiger partial charge in [0.15, 0.2) is 0 Å². The Balaban J connectivity index is 1.58. The van der Waals surface area contributed by atoms with E-state index in [9.17, 15) is 4.79 Å². The van der Waals surface area contributed by atoms with Crippen molar-refractivity contribution in [3.63, 3.8) is 0 Å². The van der Waals surface area contributed by atoms with Gasteiger partial charge in [-0.2, -0.15) is 0 Å². The van der Waals surface area contributed by atoms with Crippen LogP contribution in [0.3, 0.4) is 0 Å². The maximum Gasteiger partial charge on any atom is 0.232 e. The van der Waals surface area contributed by atoms with E-state index < -0.39 is 0 Å². The smallest absolute Gasteiger partial charge is 0.232 e. The maximum atomic E-state index is 12.9. The summed E-state index contributed by atoms with van der Waals surface area (Å²) in [6.45, 7) is 2.37. The van der Waals surface area contributed by atoms with Gasteiger partial charge in [0.25, 0.3) is 0 Å². The maximum absolute atomic E-state index is 12.9. The van der Waals surface area contributed by atoms with E-state index >= 15 is 0 Å². The molecule has 3 atom stereocenters. The van der Waals surface area contributed by atoms with Crippen LogP contribution < -0.4 is 10.2 Å². The zero-order valence-electron chi connectivity index (χ0n) is 12.2. The summed E-state index contributed by atoms with van der Waals surface area (Å²) in [5.41, 5.74) is 2.40. The molecule has 1 aromatic rings. The fraction of sp³-hybridized carbons (Fsp3) is 0.500. The number of nitrogens with one attached hydrogen (secondary N) is 1. The van der Waals surface area contributed by atoms with Crippen LogP contribution in [-0.4, -0.2) is 55.9 Å². The van der Waals surface area contributed by atoms with Gasteiger partial charge in [0.05, 0.1) is 24.8 Å². The number of para-hydroxylation sites is 1. The number of likely N-dealkylation sites (tertiary alicyclic amines) is 1. The van der Waals surface area contributed by atoms with Crippen molar-refractivity contribution in [3.05, 3.63) is 29.8 Å². The van der Waals surface area contributed by atoms with E-state index in [-0.39, 0.29) is 17.9 Å². The fourth-order valence-electron chi connectivity index (χ4n) is 3.88. The van der Waals surface area contributed by atoms with E-state index in [2.05, 4.69) is 40.5 Å². The minimum Gasteiger partial charge on any atom is -0.370 e. The van der Waals surface area contributed by atoms with E-state index in [0.29, 0.717) is 6.04 Å². The van der Waals surface area contributed by atoms with Crippen molar-refractivity contribution in [1.82, 2.24) is 10.2 Å². The third kappa shape index (κ3) is 1.91. The molecule has 0 spiro atoms. The first-order valence-electron chi connectivity index (χ1n) is 7.60. The Morgan fingerprint density at radius 3 is 3.05 bits per heavy atom. The number of piperidine rings is 1. The van der Waals surface area contributed by atoms with E-state index in [1.54, 1.807) is 6.34 Å². The molecule has 4 rings (SSSR count). The molecule has 0 bridgehead atoms. The largest absolute Gasteiger partial charge is 0.370 e. The molecule has 0 saturated carbocycles. The standard InChI is InChI=1S/C16H20N4O/c1-19-13-5-3-2-4-12(13)15-14(19)6-7-20(16(15)21)9-11-8-17-10-18-11/h2-5,10-11,14-15H,6-9H2,1H3,(H,17,18)/t11-,14-,15+/m1/s1. The Morgan fingerprint density at radius 2 is 2.24 bits per heavy atom. The highest BCUT2D eigenvalue weighted by Crippen LogP contribution is 2.44. The van der Waals surface area contributed by atoms with Gasteiger partial charge in [-0.25, -0.2) is 0 Å². The van der Waals surface area contributed by atoms with Crippen LogP contribution in [0.15, 0.2) is 29.3 Å². The molecule has 3 aliphatic rings. The van der Waals surface area contributed by atoms with Crippen LogP contribution in [0.25, 0.3) is 0 Å². The number of benzene rings is 1. The minimum absolute atomic E-state index is 0.00210. The molecule has 3 aliphatic heterocycles. The Bertz CT molecular complexity index is 592. The van der Waals surface area contributed by atoms with Crippen LogP contribution in [-0.2, 0) is 4.79 Å². The van der Waals surface area contributed by atoms with Gasteiger partial charge in [0.1, 0.15) is 0 Å². The Morgan fingerprint density at radius 1 is 1.38 bits per heavy atom. The Hall–Kier alpha value is -2.04. The lowest BCUT2D eigenvalue weighted by atomic mass is 9.88. The van der Waals surface area contributed by atoms with Crippen LogP contribution in [0.1, 0.15) is 17.9 Å². The summed E-state index contributed by atoms with van der Waals surface area (Å²) in [4.78, 5) is 21.4. The molecule has 0 aliphatic carbocycles. The quantitative estimate of drug-likeness (QED) is 0.875. The molecule has 21 heavy (non-hydrogen) atoms. The summed E-state index contributed by atoms with van der Waals surface area (Å²) >= 11 is 0. The summed E-state index contributed by atoms with van der Waals surface area (Å²) in [6, 6.07) is 8.91. The number of hydrogen-bond donors (Lipinski definition) is 1. The van der Waals surface area contributed by atoms with E-state index in [1.807, 2.05) is 11.0 Å². The molecule has 3 heterocycles. The van der Waals surface area contributed by atoms with Gasteiger partial charge in [-0.3, -0.25) is 9.79 Å². The topological polar surface area (TPSA) is 47.9 Å². The Kier molecular flexibility index (Phi) is 2.87. The zero-order chi connectivity index (χ0) is 14.4. The molecule has 0 radical (unpaired) electrons. The normalized spacial score (nSPS) is 30.3. The van der Waals surface area contributed by atoms with Gasteiger partial charge in [-0.1, -0.05) is 18.2 Å². The number of nitrogens with zero attached hydrogens (tertiary/aromatic N) is 3. The van der Waals surface area contributed by atoms with Crippen LogP contribution in [0.2, 0.25) is 0 Å². The SMILES string of the molecule is CN1c2ccccc2[C@@H]2C(=O)N(C[C@H]3CN=CN3)CC[C@H]21. The van der Waals surface area contributed by atoms with Gasteiger partial charge in [-0.15, -0.1) is 0 Å². The highest BCUT2D eigenvalue weighted by molar-refractivity contribution is 5.90. The average Bonchev–Trinajstić information content (AvgIpc) is 3.10. The van der Waals surface area contributed by atoms with Crippen molar-refractivity contribution in [2.45, 2.75) is 24.4 Å². The van der Waals surface area contributed by atoms with Crippen molar-refractivity contribution in [1.29, 1.82) is 0 Å². The number of rotatable bonds is 2. The lowest BCUT2D eigenvalue weighted by Gasteiger charge is -2.38. The summed E-state index contributed by atoms with van der Waals surface area (Å²) in [6.07, 6.45) is 2.79. The number of amides is 1. The van der Waals surface area contributed by atoms with Crippen LogP contribution in [0, 0.1) is 0 Å². The molecular formula is C16H20N4O. The molecule has 0 unspecified atom stereocenters. The van der Waals surface area contributed by atoms with Crippen LogP contribution >= 0.6 is 0 Å². The molecular weight excluding hydrogens is 264 g/mol. The second-order valence-electron chi connectivity index (χ2n) is 6.15. The molecule has 1 N–H and O–H groups in total. The predicted octanol–water partition coefficient (Wildman–Crippen LogP) is 0.821. The summed E-state index contributed by atoms with van der Waals surface area (Å²) in [7, 11) is 2.11. The van der Waals surface area contributed by atoms with Crippen LogP contribution in [0.4, 0.5) is 5.69 Å². The fourth-order valence-corrected chi connectivity index (χ4v) is 3.88. The molecule has 1 saturated heterocycles. The van der Waals surface area contributed by atoms with Crippen molar-refractivity contribution < 1.29 is 4.79 Å². The summed E-state index contributed by atoms with van der Waals surface area (Å²) in [5.74, 6) is 0.277. The molecule has 5 heteroatoms. The number of anilines is 1.